The van der Waals surface area contributed by atoms with Gasteiger partial charge in [-0.15, -0.1) is 16.7 Å². The zero-order valence-corrected chi connectivity index (χ0v) is 11.2. The van der Waals surface area contributed by atoms with Crippen LogP contribution in [0.15, 0.2) is 42.6 Å². The summed E-state index contributed by atoms with van der Waals surface area (Å²) in [6.07, 6.45) is 2.62. The molecule has 2 aromatic rings. The Labute approximate surface area is 116 Å². The van der Waals surface area contributed by atoms with Crippen LogP contribution in [0.1, 0.15) is 28.9 Å². The first-order valence-electron chi connectivity index (χ1n) is 6.11. The molecule has 0 saturated carbocycles. The monoisotopic (exact) mass is 278 g/mol. The Hall–Kier alpha value is -1.81. The van der Waals surface area contributed by atoms with Crippen molar-refractivity contribution in [1.29, 1.82) is 0 Å². The minimum atomic E-state index is -0.00814. The maximum absolute atomic E-state index is 11.9. The average molecular weight is 279 g/mol. The van der Waals surface area contributed by atoms with Gasteiger partial charge in [-0.05, 0) is 18.1 Å². The minimum Gasteiger partial charge on any atom is -0.391 e. The third kappa shape index (κ3) is 3.83. The maximum atomic E-state index is 11.9. The normalized spacial score (nSPS) is 10.4. The largest absolute Gasteiger partial charge is 0.391 e. The summed E-state index contributed by atoms with van der Waals surface area (Å²) in [4.78, 5) is 18.7. The van der Waals surface area contributed by atoms with Gasteiger partial charge < -0.3 is 4.84 Å². The molecular formula is C14H15ClN2O2. The van der Waals surface area contributed by atoms with E-state index >= 15 is 0 Å². The molecule has 0 saturated heterocycles. The van der Waals surface area contributed by atoms with Crippen molar-refractivity contribution < 1.29 is 9.63 Å². The molecule has 0 aliphatic heterocycles. The zero-order valence-electron chi connectivity index (χ0n) is 10.5. The Morgan fingerprint density at radius 1 is 1.26 bits per heavy atom. The summed E-state index contributed by atoms with van der Waals surface area (Å²) in [5.74, 6) is 0.469. The number of nitrogens with zero attached hydrogens (tertiary/aromatic N) is 2. The van der Waals surface area contributed by atoms with E-state index in [1.165, 1.54) is 4.85 Å². The molecule has 1 heterocycles. The highest BCUT2D eigenvalue weighted by molar-refractivity contribution is 6.18. The molecule has 1 aromatic heterocycles. The molecular weight excluding hydrogens is 264 g/mol. The quantitative estimate of drug-likeness (QED) is 0.578. The topological polar surface area (TPSA) is 44.1 Å². The number of aromatic nitrogens is 2. The summed E-state index contributed by atoms with van der Waals surface area (Å²) >= 11 is 5.58. The van der Waals surface area contributed by atoms with Gasteiger partial charge in [-0.25, -0.2) is 0 Å². The number of halogens is 1. The van der Waals surface area contributed by atoms with E-state index in [-0.39, 0.29) is 5.78 Å². The van der Waals surface area contributed by atoms with Crippen molar-refractivity contribution in [3.05, 3.63) is 53.9 Å². The second-order valence-corrected chi connectivity index (χ2v) is 4.44. The molecule has 0 aliphatic rings. The molecule has 4 nitrogen and oxygen atoms in total. The van der Waals surface area contributed by atoms with E-state index < -0.39 is 0 Å². The number of carbonyl (C=O) groups is 1. The highest BCUT2D eigenvalue weighted by Gasteiger charge is 2.12. The van der Waals surface area contributed by atoms with Crippen LogP contribution in [0.25, 0.3) is 0 Å². The molecule has 100 valence electrons. The first-order valence-corrected chi connectivity index (χ1v) is 6.65. The molecule has 0 atom stereocenters. The second-order valence-electron chi connectivity index (χ2n) is 4.06. The zero-order chi connectivity index (χ0) is 13.5. The molecule has 0 bridgehead atoms. The van der Waals surface area contributed by atoms with Gasteiger partial charge in [0.15, 0.2) is 5.78 Å². The number of Topliss-reactive ketones (excluding diaryl/α,β-unsaturated/α-hetero) is 1. The van der Waals surface area contributed by atoms with E-state index in [1.807, 2.05) is 30.3 Å². The summed E-state index contributed by atoms with van der Waals surface area (Å²) in [6, 6.07) is 11.4. The summed E-state index contributed by atoms with van der Waals surface area (Å²) in [7, 11) is 0. The Bertz CT molecular complexity index is 525. The lowest BCUT2D eigenvalue weighted by atomic mass is 10.2. The molecule has 2 rings (SSSR count). The first kappa shape index (κ1) is 13.6. The van der Waals surface area contributed by atoms with Crippen molar-refractivity contribution in [2.24, 2.45) is 0 Å². The smallest absolute Gasteiger partial charge is 0.184 e. The highest BCUT2D eigenvalue weighted by Crippen LogP contribution is 2.06. The lowest BCUT2D eigenvalue weighted by molar-refractivity contribution is 0.0593. The lowest BCUT2D eigenvalue weighted by Crippen LogP contribution is -2.18. The molecule has 1 aromatic carbocycles. The fraction of sp³-hybridized carbons (Fsp3) is 0.286. The van der Waals surface area contributed by atoms with Crippen molar-refractivity contribution in [2.75, 3.05) is 5.88 Å². The number of rotatable bonds is 7. The van der Waals surface area contributed by atoms with Crippen molar-refractivity contribution >= 4 is 17.4 Å². The van der Waals surface area contributed by atoms with Crippen LogP contribution in [-0.2, 0) is 6.61 Å². The van der Waals surface area contributed by atoms with E-state index in [0.717, 1.165) is 5.56 Å². The number of hydrogen-bond acceptors (Lipinski definition) is 3. The van der Waals surface area contributed by atoms with E-state index in [4.69, 9.17) is 16.4 Å². The van der Waals surface area contributed by atoms with Gasteiger partial charge in [-0.2, -0.15) is 0 Å². The Kier molecular flexibility index (Phi) is 4.98. The van der Waals surface area contributed by atoms with E-state index in [1.54, 1.807) is 12.3 Å². The molecule has 0 amide bonds. The van der Waals surface area contributed by atoms with E-state index in [9.17, 15) is 4.79 Å². The fourth-order valence-electron chi connectivity index (χ4n) is 1.66. The average Bonchev–Trinajstić information content (AvgIpc) is 2.92. The second kappa shape index (κ2) is 6.95. The number of alkyl halides is 1. The molecule has 5 heteroatoms. The van der Waals surface area contributed by atoms with Gasteiger partial charge in [-0.3, -0.25) is 4.79 Å². The third-order valence-corrected chi connectivity index (χ3v) is 2.90. The van der Waals surface area contributed by atoms with Crippen LogP contribution in [-0.4, -0.2) is 21.6 Å². The summed E-state index contributed by atoms with van der Waals surface area (Å²) < 4.78 is 0. The predicted molar refractivity (Wildman–Crippen MR) is 73.2 cm³/mol. The van der Waals surface area contributed by atoms with Crippen LogP contribution in [0.3, 0.4) is 0 Å². The fourth-order valence-corrected chi connectivity index (χ4v) is 1.79. The van der Waals surface area contributed by atoms with Crippen LogP contribution in [0.4, 0.5) is 0 Å². The molecule has 19 heavy (non-hydrogen) atoms. The van der Waals surface area contributed by atoms with Crippen molar-refractivity contribution in [2.45, 2.75) is 19.4 Å². The van der Waals surface area contributed by atoms with E-state index in [0.29, 0.717) is 31.0 Å². The summed E-state index contributed by atoms with van der Waals surface area (Å²) in [5, 5.41) is 4.00. The third-order valence-electron chi connectivity index (χ3n) is 2.63. The van der Waals surface area contributed by atoms with Gasteiger partial charge in [0.2, 0.25) is 0 Å². The summed E-state index contributed by atoms with van der Waals surface area (Å²) in [6.45, 7) is 0.373. The number of carbonyl (C=O) groups excluding carboxylic acids is 1. The van der Waals surface area contributed by atoms with Crippen molar-refractivity contribution in [3.63, 3.8) is 0 Å². The molecule has 0 aliphatic carbocycles. The molecule has 0 radical (unpaired) electrons. The van der Waals surface area contributed by atoms with Gasteiger partial charge in [0.05, 0.1) is 6.20 Å². The SMILES string of the molecule is O=C(CCCCl)c1ccnn1OCc1ccccc1. The van der Waals surface area contributed by atoms with E-state index in [2.05, 4.69) is 5.10 Å². The minimum absolute atomic E-state index is 0.00814. The standard InChI is InChI=1S/C14H15ClN2O2/c15-9-4-7-14(18)13-8-10-16-17(13)19-11-12-5-2-1-3-6-12/h1-3,5-6,8,10H,4,7,9,11H2. The van der Waals surface area contributed by atoms with Gasteiger partial charge in [0.1, 0.15) is 12.3 Å². The number of benzene rings is 1. The number of hydrogen-bond donors (Lipinski definition) is 0. The lowest BCUT2D eigenvalue weighted by Gasteiger charge is -2.08. The first-order chi connectivity index (χ1) is 9.31. The predicted octanol–water partition coefficient (Wildman–Crippen LogP) is 2.71. The molecule has 0 unspecified atom stereocenters. The number of ketones is 1. The van der Waals surface area contributed by atoms with Crippen molar-refractivity contribution in [3.8, 4) is 0 Å². The summed E-state index contributed by atoms with van der Waals surface area (Å²) in [5.41, 5.74) is 1.48. The van der Waals surface area contributed by atoms with Crippen LogP contribution >= 0.6 is 11.6 Å². The van der Waals surface area contributed by atoms with Crippen LogP contribution in [0.5, 0.6) is 0 Å². The van der Waals surface area contributed by atoms with Gasteiger partial charge in [0.25, 0.3) is 0 Å². The van der Waals surface area contributed by atoms with Crippen LogP contribution in [0.2, 0.25) is 0 Å². The Morgan fingerprint density at radius 2 is 2.05 bits per heavy atom. The van der Waals surface area contributed by atoms with Gasteiger partial charge in [-0.1, -0.05) is 35.2 Å². The molecule has 0 N–H and O–H groups in total. The van der Waals surface area contributed by atoms with Crippen LogP contribution < -0.4 is 4.84 Å². The Balaban J connectivity index is 1.98. The Morgan fingerprint density at radius 3 is 2.79 bits per heavy atom. The highest BCUT2D eigenvalue weighted by atomic mass is 35.5. The van der Waals surface area contributed by atoms with Gasteiger partial charge >= 0.3 is 0 Å². The molecule has 0 spiro atoms. The maximum Gasteiger partial charge on any atom is 0.184 e. The van der Waals surface area contributed by atoms with Crippen LogP contribution in [0, 0.1) is 0 Å². The molecule has 0 fully saturated rings. The van der Waals surface area contributed by atoms with Gasteiger partial charge in [0, 0.05) is 12.3 Å². The van der Waals surface area contributed by atoms with Crippen molar-refractivity contribution in [1.82, 2.24) is 9.94 Å².